The van der Waals surface area contributed by atoms with E-state index in [4.69, 9.17) is 33.7 Å². The minimum Gasteiger partial charge on any atom is -0.477 e. The normalized spacial score (nSPS) is 19.4. The molecule has 1 unspecified atom stereocenters. The molecule has 1 amide bonds. The van der Waals surface area contributed by atoms with Crippen LogP contribution in [-0.2, 0) is 4.79 Å². The molecule has 1 aliphatic heterocycles. The molecule has 86 valence electrons. The van der Waals surface area contributed by atoms with Crippen molar-refractivity contribution in [1.82, 2.24) is 0 Å². The van der Waals surface area contributed by atoms with Crippen LogP contribution in [0.5, 0.6) is 5.75 Å². The third-order valence-electron chi connectivity index (χ3n) is 2.50. The molecular weight excluding hydrogens is 251 g/mol. The highest BCUT2D eigenvalue weighted by molar-refractivity contribution is 6.45. The molecule has 6 heteroatoms. The Morgan fingerprint density at radius 3 is 2.69 bits per heavy atom. The van der Waals surface area contributed by atoms with Gasteiger partial charge < -0.3 is 15.4 Å². The highest BCUT2D eigenvalue weighted by atomic mass is 35.5. The predicted molar refractivity (Wildman–Crippen MR) is 64.4 cm³/mol. The Bertz CT molecular complexity index is 476. The summed E-state index contributed by atoms with van der Waals surface area (Å²) in [6, 6.07) is 1.58. The number of rotatable bonds is 0. The van der Waals surface area contributed by atoms with Gasteiger partial charge in [0.15, 0.2) is 11.9 Å². The van der Waals surface area contributed by atoms with E-state index in [0.29, 0.717) is 17.1 Å². The van der Waals surface area contributed by atoms with Crippen molar-refractivity contribution in [3.8, 4) is 5.75 Å². The lowest BCUT2D eigenvalue weighted by Crippen LogP contribution is -2.42. The monoisotopic (exact) mass is 260 g/mol. The van der Waals surface area contributed by atoms with Gasteiger partial charge in [0.2, 0.25) is 0 Å². The number of ether oxygens (including phenoxy) is 1. The van der Waals surface area contributed by atoms with Gasteiger partial charge >= 0.3 is 0 Å². The summed E-state index contributed by atoms with van der Waals surface area (Å²) in [7, 11) is 1.64. The number of fused-ring (bicyclic) bond motifs is 1. The number of amides is 1. The quantitative estimate of drug-likeness (QED) is 0.729. The summed E-state index contributed by atoms with van der Waals surface area (Å²) >= 11 is 11.9. The van der Waals surface area contributed by atoms with E-state index < -0.39 is 6.10 Å². The van der Waals surface area contributed by atoms with Crippen LogP contribution >= 0.6 is 23.2 Å². The fourth-order valence-electron chi connectivity index (χ4n) is 1.59. The van der Waals surface area contributed by atoms with Gasteiger partial charge in [-0.25, -0.2) is 0 Å². The number of nitrogen functional groups attached to an aromatic ring is 1. The molecule has 2 rings (SSSR count). The number of halogens is 2. The van der Waals surface area contributed by atoms with E-state index in [-0.39, 0.29) is 16.0 Å². The number of likely N-dealkylation sites (N-methyl/N-ethyl adjacent to an activating group) is 1. The lowest BCUT2D eigenvalue weighted by atomic mass is 10.2. The van der Waals surface area contributed by atoms with E-state index in [1.807, 2.05) is 0 Å². The van der Waals surface area contributed by atoms with Crippen LogP contribution in [0.15, 0.2) is 6.07 Å². The third-order valence-corrected chi connectivity index (χ3v) is 3.37. The van der Waals surface area contributed by atoms with Crippen molar-refractivity contribution in [3.05, 3.63) is 16.1 Å². The third kappa shape index (κ3) is 1.49. The molecule has 16 heavy (non-hydrogen) atoms. The first-order valence-electron chi connectivity index (χ1n) is 4.65. The molecule has 0 spiro atoms. The van der Waals surface area contributed by atoms with Crippen LogP contribution in [0.2, 0.25) is 10.0 Å². The summed E-state index contributed by atoms with van der Waals surface area (Å²) < 4.78 is 5.42. The Labute approximate surface area is 103 Å². The molecule has 1 atom stereocenters. The van der Waals surface area contributed by atoms with Gasteiger partial charge in [0.25, 0.3) is 5.91 Å². The summed E-state index contributed by atoms with van der Waals surface area (Å²) in [6.07, 6.45) is -0.574. The summed E-state index contributed by atoms with van der Waals surface area (Å²) in [5.41, 5.74) is 6.54. The number of nitrogens with two attached hydrogens (primary N) is 1. The standard InChI is InChI=1S/C10H10Cl2N2O2/c1-4-10(15)14(2)6-3-5(13)7(11)8(12)9(6)16-4/h3-4H,13H2,1-2H3. The molecule has 2 N–H and O–H groups in total. The van der Waals surface area contributed by atoms with E-state index in [1.54, 1.807) is 20.0 Å². The molecule has 0 saturated heterocycles. The average molecular weight is 261 g/mol. The Balaban J connectivity index is 2.66. The van der Waals surface area contributed by atoms with E-state index in [9.17, 15) is 4.79 Å². The van der Waals surface area contributed by atoms with Crippen molar-refractivity contribution >= 4 is 40.5 Å². The molecule has 1 aliphatic rings. The summed E-state index contributed by atoms with van der Waals surface area (Å²) in [5, 5.41) is 0.484. The molecule has 0 aliphatic carbocycles. The zero-order valence-corrected chi connectivity index (χ0v) is 10.3. The molecule has 0 radical (unpaired) electrons. The van der Waals surface area contributed by atoms with Crippen molar-refractivity contribution < 1.29 is 9.53 Å². The summed E-state index contributed by atoms with van der Waals surface area (Å²) in [5.74, 6) is 0.251. The van der Waals surface area contributed by atoms with Crippen molar-refractivity contribution in [1.29, 1.82) is 0 Å². The second-order valence-corrected chi connectivity index (χ2v) is 4.36. The highest BCUT2D eigenvalue weighted by Gasteiger charge is 2.32. The number of anilines is 2. The fraction of sp³-hybridized carbons (Fsp3) is 0.300. The van der Waals surface area contributed by atoms with E-state index in [2.05, 4.69) is 0 Å². The van der Waals surface area contributed by atoms with Gasteiger partial charge in [-0.05, 0) is 13.0 Å². The van der Waals surface area contributed by atoms with Gasteiger partial charge in [-0.2, -0.15) is 0 Å². The maximum atomic E-state index is 11.7. The van der Waals surface area contributed by atoms with Crippen molar-refractivity contribution in [2.24, 2.45) is 0 Å². The van der Waals surface area contributed by atoms with Crippen LogP contribution in [-0.4, -0.2) is 19.1 Å². The Morgan fingerprint density at radius 2 is 2.06 bits per heavy atom. The second kappa shape index (κ2) is 3.71. The summed E-state index contributed by atoms with van der Waals surface area (Å²) in [4.78, 5) is 13.1. The van der Waals surface area contributed by atoms with Crippen LogP contribution in [0, 0.1) is 0 Å². The van der Waals surface area contributed by atoms with Crippen molar-refractivity contribution in [3.63, 3.8) is 0 Å². The average Bonchev–Trinajstić information content (AvgIpc) is 2.25. The zero-order chi connectivity index (χ0) is 12.0. The lowest BCUT2D eigenvalue weighted by molar-refractivity contribution is -0.125. The number of carbonyl (C=O) groups is 1. The van der Waals surface area contributed by atoms with Gasteiger partial charge in [-0.1, -0.05) is 23.2 Å². The first kappa shape index (κ1) is 11.4. The van der Waals surface area contributed by atoms with Crippen LogP contribution in [0.4, 0.5) is 11.4 Å². The largest absolute Gasteiger partial charge is 0.477 e. The van der Waals surface area contributed by atoms with E-state index in [1.165, 1.54) is 4.90 Å². The SMILES string of the molecule is CC1Oc2c(cc(N)c(Cl)c2Cl)N(C)C1=O. The smallest absolute Gasteiger partial charge is 0.267 e. The maximum Gasteiger partial charge on any atom is 0.267 e. The first-order valence-corrected chi connectivity index (χ1v) is 5.40. The second-order valence-electron chi connectivity index (χ2n) is 3.60. The van der Waals surface area contributed by atoms with Gasteiger partial charge in [-0.3, -0.25) is 4.79 Å². The topological polar surface area (TPSA) is 55.6 Å². The number of benzene rings is 1. The minimum absolute atomic E-state index is 0.148. The van der Waals surface area contributed by atoms with E-state index >= 15 is 0 Å². The maximum absolute atomic E-state index is 11.7. The van der Waals surface area contributed by atoms with Gasteiger partial charge in [0.05, 0.1) is 16.4 Å². The molecule has 1 aromatic carbocycles. The van der Waals surface area contributed by atoms with Crippen LogP contribution in [0.3, 0.4) is 0 Å². The molecule has 4 nitrogen and oxygen atoms in total. The Morgan fingerprint density at radius 1 is 1.44 bits per heavy atom. The van der Waals surface area contributed by atoms with Gasteiger partial charge in [0, 0.05) is 7.05 Å². The predicted octanol–water partition coefficient (Wildman–Crippen LogP) is 2.32. The number of nitrogens with zero attached hydrogens (tertiary/aromatic N) is 1. The van der Waals surface area contributed by atoms with Crippen molar-refractivity contribution in [2.45, 2.75) is 13.0 Å². The molecular formula is C10H10Cl2N2O2. The minimum atomic E-state index is -0.574. The van der Waals surface area contributed by atoms with E-state index in [0.717, 1.165) is 0 Å². The van der Waals surface area contributed by atoms with Crippen LogP contribution < -0.4 is 15.4 Å². The molecule has 1 heterocycles. The lowest BCUT2D eigenvalue weighted by Gasteiger charge is -2.31. The molecule has 0 aromatic heterocycles. The molecule has 0 bridgehead atoms. The van der Waals surface area contributed by atoms with Crippen molar-refractivity contribution in [2.75, 3.05) is 17.7 Å². The van der Waals surface area contributed by atoms with Gasteiger partial charge in [0.1, 0.15) is 5.02 Å². The van der Waals surface area contributed by atoms with Gasteiger partial charge in [-0.15, -0.1) is 0 Å². The van der Waals surface area contributed by atoms with Crippen LogP contribution in [0.1, 0.15) is 6.92 Å². The Kier molecular flexibility index (Phi) is 2.64. The number of carbonyl (C=O) groups excluding carboxylic acids is 1. The van der Waals surface area contributed by atoms with Crippen LogP contribution in [0.25, 0.3) is 0 Å². The molecule has 1 aromatic rings. The molecule has 0 saturated carbocycles. The fourth-order valence-corrected chi connectivity index (χ4v) is 1.99. The zero-order valence-electron chi connectivity index (χ0n) is 8.75. The molecule has 0 fully saturated rings. The highest BCUT2D eigenvalue weighted by Crippen LogP contribution is 2.45. The summed E-state index contributed by atoms with van der Waals surface area (Å²) in [6.45, 7) is 1.66. The first-order chi connectivity index (χ1) is 7.43. The number of hydrogen-bond acceptors (Lipinski definition) is 3. The number of hydrogen-bond donors (Lipinski definition) is 1. The Hall–Kier alpha value is -1.13.